The van der Waals surface area contributed by atoms with Crippen molar-refractivity contribution in [3.8, 4) is 0 Å². The van der Waals surface area contributed by atoms with Crippen molar-refractivity contribution in [1.29, 1.82) is 0 Å². The van der Waals surface area contributed by atoms with Gasteiger partial charge in [0.2, 0.25) is 0 Å². The Morgan fingerprint density at radius 3 is 1.67 bits per heavy atom. The van der Waals surface area contributed by atoms with E-state index < -0.39 is 38.8 Å². The van der Waals surface area contributed by atoms with E-state index in [0.29, 0.717) is 0 Å². The number of rotatable bonds is 7. The quantitative estimate of drug-likeness (QED) is 0.191. The largest absolute Gasteiger partial charge is 1.00 e. The van der Waals surface area contributed by atoms with Gasteiger partial charge in [-0.15, -0.1) is 0 Å². The van der Waals surface area contributed by atoms with Crippen LogP contribution in [0.3, 0.4) is 0 Å². The van der Waals surface area contributed by atoms with Gasteiger partial charge < -0.3 is 60.5 Å². The van der Waals surface area contributed by atoms with E-state index in [4.69, 9.17) is 20.4 Å². The number of aliphatic hydroxyl groups excluding tert-OH is 4. The summed E-state index contributed by atoms with van der Waals surface area (Å²) < 4.78 is 13.6. The van der Waals surface area contributed by atoms with Crippen molar-refractivity contribution < 1.29 is 120 Å². The number of carbonyl (C=O) groups excluding carboxylic acids is 1. The summed E-state index contributed by atoms with van der Waals surface area (Å²) >= 11 is 0. The van der Waals surface area contributed by atoms with Crippen LogP contribution in [0.5, 0.6) is 0 Å². The van der Waals surface area contributed by atoms with Crippen LogP contribution in [0.1, 0.15) is 0 Å². The summed E-state index contributed by atoms with van der Waals surface area (Å²) in [6.07, 6.45) is -8.04. The first kappa shape index (κ1) is 38.2. The van der Waals surface area contributed by atoms with E-state index in [-0.39, 0.29) is 81.8 Å². The Balaban J connectivity index is -0.000000112. The molecule has 0 heterocycles. The fourth-order valence-electron chi connectivity index (χ4n) is 0.776. The maximum absolute atomic E-state index is 10.0. The van der Waals surface area contributed by atoms with Crippen molar-refractivity contribution in [3.63, 3.8) is 0 Å². The number of aldehydes is 1. The first-order valence-corrected chi connectivity index (χ1v) is 5.49. The van der Waals surface area contributed by atoms with Crippen molar-refractivity contribution in [3.05, 3.63) is 0 Å². The molecule has 0 saturated heterocycles. The van der Waals surface area contributed by atoms with Crippen LogP contribution < -0.4 is 68.9 Å². The molecule has 120 valence electrons. The van der Waals surface area contributed by atoms with Gasteiger partial charge in [0.05, 0.1) is 14.4 Å². The third kappa shape index (κ3) is 17.7. The zero-order valence-corrected chi connectivity index (χ0v) is 16.3. The number of aliphatic hydroxyl groups is 4. The number of hydrogen-bond donors (Lipinski definition) is 4. The summed E-state index contributed by atoms with van der Waals surface area (Å²) in [6.45, 7) is -1.09. The van der Waals surface area contributed by atoms with Crippen molar-refractivity contribution in [2.45, 2.75) is 24.4 Å². The number of carbonyl (C=O) groups is 1. The smallest absolute Gasteiger partial charge is 0.790 e. The van der Waals surface area contributed by atoms with Crippen LogP contribution >= 0.6 is 7.82 Å². The van der Waals surface area contributed by atoms with Crippen LogP contribution in [0.4, 0.5) is 0 Å². The van der Waals surface area contributed by atoms with Gasteiger partial charge in [-0.25, -0.2) is 0 Å². The first-order chi connectivity index (χ1) is 7.19. The monoisotopic (exact) mass is 358 g/mol. The Hall–Kier alpha value is 1.50. The molecule has 0 aromatic heterocycles. The predicted octanol–water partition coefficient (Wildman–Crippen LogP) is -13.0. The third-order valence-electron chi connectivity index (χ3n) is 1.64. The van der Waals surface area contributed by atoms with Gasteiger partial charge >= 0.3 is 59.1 Å². The van der Waals surface area contributed by atoms with Gasteiger partial charge in [-0.2, -0.15) is 0 Å². The summed E-state index contributed by atoms with van der Waals surface area (Å²) in [5.41, 5.74) is 0. The van der Waals surface area contributed by atoms with Crippen LogP contribution in [-0.2, 0) is 13.9 Å². The minimum absolute atomic E-state index is 0. The van der Waals surface area contributed by atoms with Gasteiger partial charge in [-0.05, 0) is 0 Å². The van der Waals surface area contributed by atoms with Gasteiger partial charge in [-0.1, -0.05) is 0 Å². The number of phosphoric acid groups is 1. The molecule has 0 amide bonds. The van der Waals surface area contributed by atoms with E-state index in [9.17, 15) is 19.1 Å². The second-order valence-electron chi connectivity index (χ2n) is 2.92. The fraction of sp³-hybridized carbons (Fsp3) is 0.833. The average Bonchev–Trinajstić information content (AvgIpc) is 2.21. The van der Waals surface area contributed by atoms with E-state index in [0.717, 1.165) is 0 Å². The molecule has 0 aromatic rings. The van der Waals surface area contributed by atoms with Crippen LogP contribution in [0.25, 0.3) is 0 Å². The molecule has 15 heteroatoms. The summed E-state index contributed by atoms with van der Waals surface area (Å²) in [6, 6.07) is 0. The van der Waals surface area contributed by atoms with E-state index >= 15 is 0 Å². The van der Waals surface area contributed by atoms with Crippen LogP contribution in [-0.4, -0.2) is 74.2 Å². The van der Waals surface area contributed by atoms with E-state index in [2.05, 4.69) is 4.52 Å². The average molecular weight is 358 g/mol. The summed E-state index contributed by atoms with van der Waals surface area (Å²) in [4.78, 5) is 30.0. The third-order valence-corrected chi connectivity index (χ3v) is 2.10. The van der Waals surface area contributed by atoms with Crippen LogP contribution in [0.2, 0.25) is 0 Å². The van der Waals surface area contributed by atoms with Crippen molar-refractivity contribution in [2.24, 2.45) is 0 Å². The molecule has 0 unspecified atom stereocenters. The van der Waals surface area contributed by atoms with Crippen LogP contribution in [0.15, 0.2) is 0 Å². The number of phosphoric ester groups is 1. The Labute approximate surface area is 163 Å². The van der Waals surface area contributed by atoms with Gasteiger partial charge in [0.25, 0.3) is 0 Å². The molecule has 21 heavy (non-hydrogen) atoms. The van der Waals surface area contributed by atoms with Gasteiger partial charge in [-0.3, -0.25) is 0 Å². The Morgan fingerprint density at radius 1 is 1.00 bits per heavy atom. The molecule has 0 fully saturated rings. The summed E-state index contributed by atoms with van der Waals surface area (Å²) in [5.74, 6) is 0. The maximum Gasteiger partial charge on any atom is 1.00 e. The van der Waals surface area contributed by atoms with Gasteiger partial charge in [0.15, 0.2) is 6.29 Å². The molecule has 0 aromatic carbocycles. The Bertz CT molecular complexity index is 274. The standard InChI is InChI=1S/C6H13O9P.2Na.3H2O/c7-1-3(8)5(10)6(11)4(9)2-15-16(12,13)14;;;;;/h1,3-6,8-11H,2H2,(H2,12,13,14);;;3*1H2/q;2*+1;;;/p-2/t3-,4+,5+,6+;;;;;/m0...../s1. The molecule has 10 N–H and O–H groups in total. The molecular formula is C6H17Na2O12P. The van der Waals surface area contributed by atoms with Crippen molar-refractivity contribution >= 4 is 14.1 Å². The molecule has 4 atom stereocenters. The van der Waals surface area contributed by atoms with Crippen molar-refractivity contribution in [1.82, 2.24) is 0 Å². The second-order valence-corrected chi connectivity index (χ2v) is 4.07. The predicted molar refractivity (Wildman–Crippen MR) is 54.5 cm³/mol. The molecule has 12 nitrogen and oxygen atoms in total. The molecule has 0 aliphatic rings. The molecule has 0 rings (SSSR count). The molecule has 0 aliphatic heterocycles. The maximum atomic E-state index is 10.0. The van der Waals surface area contributed by atoms with Gasteiger partial charge in [0, 0.05) is 0 Å². The molecule has 0 radical (unpaired) electrons. The molecule has 0 bridgehead atoms. The molecule has 0 saturated carbocycles. The Kier molecular flexibility index (Phi) is 32.5. The van der Waals surface area contributed by atoms with Crippen LogP contribution in [0, 0.1) is 0 Å². The molecule has 0 spiro atoms. The molecule has 0 aliphatic carbocycles. The van der Waals surface area contributed by atoms with Crippen molar-refractivity contribution in [2.75, 3.05) is 6.61 Å². The minimum atomic E-state index is -5.30. The van der Waals surface area contributed by atoms with Gasteiger partial charge in [0.1, 0.15) is 24.4 Å². The minimum Gasteiger partial charge on any atom is -0.790 e. The topological polar surface area (TPSA) is 265 Å². The number of hydrogen-bond acceptors (Lipinski definition) is 9. The van der Waals surface area contributed by atoms with E-state index in [1.165, 1.54) is 0 Å². The molecular weight excluding hydrogens is 341 g/mol. The zero-order valence-electron chi connectivity index (χ0n) is 11.4. The summed E-state index contributed by atoms with van der Waals surface area (Å²) in [7, 11) is -5.30. The van der Waals surface area contributed by atoms with E-state index in [1.54, 1.807) is 0 Å². The SMILES string of the molecule is O.O.O.O=C[C@H](O)[C@@H](O)[C@H](O)[C@H](O)COP(=O)([O-])[O-].[Na+].[Na+]. The first-order valence-electron chi connectivity index (χ1n) is 4.03. The Morgan fingerprint density at radius 2 is 1.38 bits per heavy atom. The second kappa shape index (κ2) is 17.8. The fourth-order valence-corrected chi connectivity index (χ4v) is 1.11. The summed E-state index contributed by atoms with van der Waals surface area (Å²) in [5, 5.41) is 35.9. The normalized spacial score (nSPS) is 15.1. The zero-order chi connectivity index (χ0) is 12.9. The van der Waals surface area contributed by atoms with E-state index in [1.807, 2.05) is 0 Å².